The fourth-order valence-electron chi connectivity index (χ4n) is 12.1. The van der Waals surface area contributed by atoms with Crippen molar-refractivity contribution < 1.29 is 0 Å². The number of benzene rings is 8. The Morgan fingerprint density at radius 3 is 1.44 bits per heavy atom. The second-order valence-corrected chi connectivity index (χ2v) is 18.6. The van der Waals surface area contributed by atoms with Gasteiger partial charge in [-0.15, -0.1) is 0 Å². The van der Waals surface area contributed by atoms with Crippen molar-refractivity contribution in [2.75, 3.05) is 0 Å². The molecule has 8 aromatic rings. The Labute approximate surface area is 380 Å². The maximum Gasteiger partial charge on any atom is 0.0289 e. The molecule has 0 fully saturated rings. The standard InChI is InChI=1S/C64H56/c1-4-6-7-8-9-19-36-63(41-45-25-13-10-14-26-45)57-37-53-49(23-5-2)61-44(3)24-20-33-50(61)54(53)39-59(57)64(42-46-27-15-11-16-28-46,43-47-29-17-12-18-30-47)60-40-56-52-35-22-32-48-31-21-34-51(62(48)52)55(56)38-58(60)63/h6-18,20-35,37-40H,4-5,19,36,41-43H2,1-3H3/b7-6-,9-8-,49-23-. The third-order valence-corrected chi connectivity index (χ3v) is 14.8. The van der Waals surface area contributed by atoms with Crippen molar-refractivity contribution in [3.63, 3.8) is 0 Å². The van der Waals surface area contributed by atoms with Crippen LogP contribution in [0.5, 0.6) is 0 Å². The Balaban J connectivity index is 1.30. The van der Waals surface area contributed by atoms with E-state index in [1.54, 1.807) is 0 Å². The molecule has 0 nitrogen and oxygen atoms in total. The molecule has 1 atom stereocenters. The number of fused-ring (bicyclic) bond motifs is 8. The molecular weight excluding hydrogens is 769 g/mol. The Bertz CT molecular complexity index is 3090. The van der Waals surface area contributed by atoms with Crippen LogP contribution in [0.15, 0.2) is 200 Å². The fourth-order valence-corrected chi connectivity index (χ4v) is 12.1. The van der Waals surface area contributed by atoms with Crippen molar-refractivity contribution in [1.29, 1.82) is 0 Å². The van der Waals surface area contributed by atoms with Gasteiger partial charge in [-0.3, -0.25) is 0 Å². The molecule has 3 aliphatic carbocycles. The van der Waals surface area contributed by atoms with E-state index in [9.17, 15) is 0 Å². The molecule has 0 aromatic heterocycles. The largest absolute Gasteiger partial charge is 0.0848 e. The molecule has 0 amide bonds. The summed E-state index contributed by atoms with van der Waals surface area (Å²) in [6.07, 6.45) is 18.3. The van der Waals surface area contributed by atoms with Gasteiger partial charge in [0, 0.05) is 10.8 Å². The van der Waals surface area contributed by atoms with Crippen molar-refractivity contribution in [3.05, 3.63) is 256 Å². The lowest BCUT2D eigenvalue weighted by Gasteiger charge is -2.51. The molecule has 0 saturated carbocycles. The van der Waals surface area contributed by atoms with Crippen LogP contribution in [0, 0.1) is 6.92 Å². The van der Waals surface area contributed by atoms with Crippen LogP contribution in [0.3, 0.4) is 0 Å². The molecule has 1 unspecified atom stereocenters. The van der Waals surface area contributed by atoms with Crippen LogP contribution in [0.2, 0.25) is 0 Å². The fraction of sp³-hybridized carbons (Fsp3) is 0.188. The van der Waals surface area contributed by atoms with Gasteiger partial charge < -0.3 is 0 Å². The average Bonchev–Trinajstić information content (AvgIpc) is 3.82. The third-order valence-electron chi connectivity index (χ3n) is 14.8. The predicted octanol–water partition coefficient (Wildman–Crippen LogP) is 16.5. The Kier molecular flexibility index (Phi) is 10.3. The zero-order valence-corrected chi connectivity index (χ0v) is 37.5. The summed E-state index contributed by atoms with van der Waals surface area (Å²) in [6, 6.07) is 65.7. The van der Waals surface area contributed by atoms with E-state index in [1.165, 1.54) is 105 Å². The maximum absolute atomic E-state index is 2.71. The molecule has 11 rings (SSSR count). The average molecular weight is 825 g/mol. The van der Waals surface area contributed by atoms with E-state index in [0.717, 1.165) is 44.9 Å². The van der Waals surface area contributed by atoms with Crippen LogP contribution in [0.1, 0.15) is 95.2 Å². The Morgan fingerprint density at radius 2 is 0.891 bits per heavy atom. The summed E-state index contributed by atoms with van der Waals surface area (Å²) in [5.41, 5.74) is 23.1. The van der Waals surface area contributed by atoms with Crippen LogP contribution >= 0.6 is 0 Å². The number of hydrogen-bond donors (Lipinski definition) is 0. The van der Waals surface area contributed by atoms with E-state index in [1.807, 2.05) is 0 Å². The predicted molar refractivity (Wildman–Crippen MR) is 272 cm³/mol. The molecule has 8 aromatic carbocycles. The van der Waals surface area contributed by atoms with E-state index in [0.29, 0.717) is 0 Å². The summed E-state index contributed by atoms with van der Waals surface area (Å²) in [7, 11) is 0. The molecule has 312 valence electrons. The summed E-state index contributed by atoms with van der Waals surface area (Å²) in [6.45, 7) is 6.81. The molecule has 0 bridgehead atoms. The molecule has 0 heteroatoms. The van der Waals surface area contributed by atoms with Crippen molar-refractivity contribution in [2.45, 2.75) is 76.5 Å². The highest BCUT2D eigenvalue weighted by Crippen LogP contribution is 2.61. The van der Waals surface area contributed by atoms with Crippen molar-refractivity contribution in [3.8, 4) is 33.4 Å². The lowest BCUT2D eigenvalue weighted by molar-refractivity contribution is 0.397. The van der Waals surface area contributed by atoms with Gasteiger partial charge in [-0.1, -0.05) is 190 Å². The van der Waals surface area contributed by atoms with Crippen molar-refractivity contribution in [2.24, 2.45) is 0 Å². The van der Waals surface area contributed by atoms with Gasteiger partial charge in [0.25, 0.3) is 0 Å². The van der Waals surface area contributed by atoms with E-state index in [2.05, 4.69) is 221 Å². The van der Waals surface area contributed by atoms with Gasteiger partial charge in [0.05, 0.1) is 0 Å². The molecule has 0 heterocycles. The number of allylic oxidation sites excluding steroid dienone is 5. The van der Waals surface area contributed by atoms with Gasteiger partial charge in [-0.25, -0.2) is 0 Å². The monoisotopic (exact) mass is 824 g/mol. The van der Waals surface area contributed by atoms with Gasteiger partial charge in [0.1, 0.15) is 0 Å². The smallest absolute Gasteiger partial charge is 0.0289 e. The summed E-state index contributed by atoms with van der Waals surface area (Å²) in [4.78, 5) is 0. The minimum absolute atomic E-state index is 0.338. The van der Waals surface area contributed by atoms with Crippen LogP contribution in [0.25, 0.3) is 49.7 Å². The molecule has 0 spiro atoms. The van der Waals surface area contributed by atoms with Gasteiger partial charge in [0.2, 0.25) is 0 Å². The van der Waals surface area contributed by atoms with E-state index in [-0.39, 0.29) is 10.8 Å². The van der Waals surface area contributed by atoms with Gasteiger partial charge >= 0.3 is 0 Å². The van der Waals surface area contributed by atoms with Crippen LogP contribution in [-0.2, 0) is 30.1 Å². The Hall–Kier alpha value is -6.76. The highest BCUT2D eigenvalue weighted by Gasteiger charge is 2.52. The lowest BCUT2D eigenvalue weighted by Crippen LogP contribution is -2.46. The van der Waals surface area contributed by atoms with Crippen molar-refractivity contribution >= 4 is 16.3 Å². The topological polar surface area (TPSA) is 0 Å². The number of rotatable bonds is 12. The zero-order chi connectivity index (χ0) is 43.3. The summed E-state index contributed by atoms with van der Waals surface area (Å²) < 4.78 is 0. The maximum atomic E-state index is 2.71. The SMILES string of the molecule is CC/C=C\C=C/CCC1(Cc2ccccc2)c2cc3c(cc2C(Cc2ccccc2)(Cc2ccccc2)c2cc4c(cc21)-c1cccc2cccc-4c12)-c1cccc(C)c1/C3=C\CC. The molecule has 64 heavy (non-hydrogen) atoms. The third kappa shape index (κ3) is 6.49. The van der Waals surface area contributed by atoms with E-state index >= 15 is 0 Å². The van der Waals surface area contributed by atoms with Crippen LogP contribution < -0.4 is 0 Å². The minimum Gasteiger partial charge on any atom is -0.0848 e. The minimum atomic E-state index is -0.388. The van der Waals surface area contributed by atoms with Gasteiger partial charge in [-0.05, 0) is 181 Å². The van der Waals surface area contributed by atoms with E-state index < -0.39 is 0 Å². The van der Waals surface area contributed by atoms with Gasteiger partial charge in [0.15, 0.2) is 0 Å². The van der Waals surface area contributed by atoms with Gasteiger partial charge in [-0.2, -0.15) is 0 Å². The first-order valence-electron chi connectivity index (χ1n) is 23.7. The van der Waals surface area contributed by atoms with Crippen molar-refractivity contribution in [1.82, 2.24) is 0 Å². The summed E-state index contributed by atoms with van der Waals surface area (Å²) in [5.74, 6) is 0. The Morgan fingerprint density at radius 1 is 0.422 bits per heavy atom. The first-order chi connectivity index (χ1) is 31.5. The molecular formula is C64H56. The molecule has 0 N–H and O–H groups in total. The molecule has 0 radical (unpaired) electrons. The zero-order valence-electron chi connectivity index (χ0n) is 37.5. The second-order valence-electron chi connectivity index (χ2n) is 18.6. The first kappa shape index (κ1) is 40.0. The molecule has 0 saturated heterocycles. The second kappa shape index (κ2) is 16.4. The van der Waals surface area contributed by atoms with Crippen LogP contribution in [-0.4, -0.2) is 0 Å². The molecule has 0 aliphatic heterocycles. The number of hydrogen-bond acceptors (Lipinski definition) is 0. The van der Waals surface area contributed by atoms with Crippen LogP contribution in [0.4, 0.5) is 0 Å². The lowest BCUT2D eigenvalue weighted by atomic mass is 9.51. The molecule has 3 aliphatic rings. The highest BCUT2D eigenvalue weighted by molar-refractivity contribution is 6.15. The van der Waals surface area contributed by atoms with E-state index in [4.69, 9.17) is 0 Å². The summed E-state index contributed by atoms with van der Waals surface area (Å²) >= 11 is 0. The summed E-state index contributed by atoms with van der Waals surface area (Å²) in [5, 5.41) is 2.70. The number of aryl methyl sites for hydroxylation is 1. The quantitative estimate of drug-likeness (QED) is 0.108. The highest BCUT2D eigenvalue weighted by atomic mass is 14.5. The first-order valence-corrected chi connectivity index (χ1v) is 23.7. The normalized spacial score (nSPS) is 16.9.